The molecule has 0 fully saturated rings. The zero-order valence-electron chi connectivity index (χ0n) is 11.6. The van der Waals surface area contributed by atoms with Crippen LogP contribution in [0.2, 0.25) is 0 Å². The van der Waals surface area contributed by atoms with Gasteiger partial charge in [-0.1, -0.05) is 6.07 Å². The SMILES string of the molecule is O=C(O)c1cccc(Oc2ccc(C(F)(F)F)cc2C(F)(F)F)c1. The number of halogens is 6. The number of hydrogen-bond donors (Lipinski definition) is 1. The van der Waals surface area contributed by atoms with Gasteiger partial charge in [-0.15, -0.1) is 0 Å². The molecule has 2 rings (SSSR count). The average Bonchev–Trinajstić information content (AvgIpc) is 2.45. The van der Waals surface area contributed by atoms with Crippen LogP contribution in [0.1, 0.15) is 21.5 Å². The van der Waals surface area contributed by atoms with E-state index in [1.807, 2.05) is 0 Å². The lowest BCUT2D eigenvalue weighted by molar-refractivity contribution is -0.143. The normalized spacial score (nSPS) is 12.1. The van der Waals surface area contributed by atoms with Crippen molar-refractivity contribution >= 4 is 5.97 Å². The van der Waals surface area contributed by atoms with Crippen molar-refractivity contribution in [1.29, 1.82) is 0 Å². The van der Waals surface area contributed by atoms with E-state index in [-0.39, 0.29) is 17.4 Å². The Hall–Kier alpha value is -2.71. The Morgan fingerprint density at radius 2 is 1.58 bits per heavy atom. The van der Waals surface area contributed by atoms with Crippen molar-refractivity contribution in [3.8, 4) is 11.5 Å². The van der Waals surface area contributed by atoms with Gasteiger partial charge in [-0.05, 0) is 36.4 Å². The summed E-state index contributed by atoms with van der Waals surface area (Å²) in [7, 11) is 0. The number of aromatic carboxylic acids is 1. The van der Waals surface area contributed by atoms with Crippen molar-refractivity contribution in [3.05, 3.63) is 59.2 Å². The average molecular weight is 350 g/mol. The molecule has 0 saturated carbocycles. The maximum absolute atomic E-state index is 13.0. The molecule has 0 saturated heterocycles. The predicted molar refractivity (Wildman–Crippen MR) is 69.9 cm³/mol. The van der Waals surface area contributed by atoms with Crippen molar-refractivity contribution in [3.63, 3.8) is 0 Å². The molecule has 0 aliphatic heterocycles. The molecule has 2 aromatic carbocycles. The van der Waals surface area contributed by atoms with Crippen LogP contribution < -0.4 is 4.74 Å². The Kier molecular flexibility index (Phi) is 4.46. The van der Waals surface area contributed by atoms with E-state index in [4.69, 9.17) is 9.84 Å². The van der Waals surface area contributed by atoms with Gasteiger partial charge in [0.05, 0.1) is 16.7 Å². The molecule has 0 atom stereocenters. The van der Waals surface area contributed by atoms with Crippen molar-refractivity contribution in [2.45, 2.75) is 12.4 Å². The highest BCUT2D eigenvalue weighted by Gasteiger charge is 2.39. The number of benzene rings is 2. The van der Waals surface area contributed by atoms with Crippen molar-refractivity contribution in [2.75, 3.05) is 0 Å². The van der Waals surface area contributed by atoms with E-state index in [1.54, 1.807) is 0 Å². The van der Waals surface area contributed by atoms with Gasteiger partial charge in [0.2, 0.25) is 0 Å². The Morgan fingerprint density at radius 3 is 2.12 bits per heavy atom. The Balaban J connectivity index is 2.47. The van der Waals surface area contributed by atoms with Crippen molar-refractivity contribution in [1.82, 2.24) is 0 Å². The number of ether oxygens (including phenoxy) is 1. The number of hydrogen-bond acceptors (Lipinski definition) is 2. The molecule has 24 heavy (non-hydrogen) atoms. The molecule has 0 aliphatic carbocycles. The van der Waals surface area contributed by atoms with E-state index >= 15 is 0 Å². The van der Waals surface area contributed by atoms with Gasteiger partial charge in [0.1, 0.15) is 11.5 Å². The van der Waals surface area contributed by atoms with E-state index in [2.05, 4.69) is 0 Å². The highest BCUT2D eigenvalue weighted by atomic mass is 19.4. The van der Waals surface area contributed by atoms with Crippen LogP contribution in [-0.4, -0.2) is 11.1 Å². The second-order valence-electron chi connectivity index (χ2n) is 4.64. The fourth-order valence-electron chi connectivity index (χ4n) is 1.84. The molecule has 128 valence electrons. The maximum Gasteiger partial charge on any atom is 0.420 e. The lowest BCUT2D eigenvalue weighted by atomic mass is 10.1. The van der Waals surface area contributed by atoms with Gasteiger partial charge in [-0.25, -0.2) is 4.79 Å². The molecule has 3 nitrogen and oxygen atoms in total. The summed E-state index contributed by atoms with van der Waals surface area (Å²) in [6.07, 6.45) is -10.0. The molecule has 0 aliphatic rings. The minimum absolute atomic E-state index is 0.0591. The molecule has 0 spiro atoms. The molecule has 0 radical (unpaired) electrons. The predicted octanol–water partition coefficient (Wildman–Crippen LogP) is 5.21. The lowest BCUT2D eigenvalue weighted by Crippen LogP contribution is -2.12. The standard InChI is InChI=1S/C15H8F6O3/c16-14(17,18)9-4-5-12(11(7-9)15(19,20)21)24-10-3-1-2-8(6-10)13(22)23/h1-7H,(H,22,23). The van der Waals surface area contributed by atoms with Gasteiger partial charge in [0.25, 0.3) is 0 Å². The van der Waals surface area contributed by atoms with Crippen LogP contribution in [0.4, 0.5) is 26.3 Å². The molecule has 0 unspecified atom stereocenters. The van der Waals surface area contributed by atoms with Crippen molar-refractivity contribution < 1.29 is 41.0 Å². The van der Waals surface area contributed by atoms with E-state index in [1.165, 1.54) is 18.2 Å². The van der Waals surface area contributed by atoms with Crippen LogP contribution in [0.5, 0.6) is 11.5 Å². The van der Waals surface area contributed by atoms with Gasteiger partial charge in [0.15, 0.2) is 0 Å². The van der Waals surface area contributed by atoms with Gasteiger partial charge in [-0.3, -0.25) is 0 Å². The highest BCUT2D eigenvalue weighted by molar-refractivity contribution is 5.88. The number of alkyl halides is 6. The fourth-order valence-corrected chi connectivity index (χ4v) is 1.84. The Labute approximate surface area is 131 Å². The molecule has 0 aromatic heterocycles. The first-order valence-electron chi connectivity index (χ1n) is 6.28. The Morgan fingerprint density at radius 1 is 0.917 bits per heavy atom. The van der Waals surface area contributed by atoms with E-state index in [0.717, 1.165) is 6.07 Å². The van der Waals surface area contributed by atoms with Crippen LogP contribution >= 0.6 is 0 Å². The fraction of sp³-hybridized carbons (Fsp3) is 0.133. The van der Waals surface area contributed by atoms with Crippen LogP contribution in [0.25, 0.3) is 0 Å². The van der Waals surface area contributed by atoms with Gasteiger partial charge < -0.3 is 9.84 Å². The third-order valence-electron chi connectivity index (χ3n) is 2.92. The summed E-state index contributed by atoms with van der Waals surface area (Å²) in [6, 6.07) is 5.49. The topological polar surface area (TPSA) is 46.5 Å². The summed E-state index contributed by atoms with van der Waals surface area (Å²) in [5.74, 6) is -2.44. The zero-order valence-corrected chi connectivity index (χ0v) is 11.6. The first kappa shape index (κ1) is 17.6. The van der Waals surface area contributed by atoms with Gasteiger partial charge in [0, 0.05) is 0 Å². The number of rotatable bonds is 3. The molecule has 2 aromatic rings. The Bertz CT molecular complexity index is 765. The summed E-state index contributed by atoms with van der Waals surface area (Å²) in [6.45, 7) is 0. The summed E-state index contributed by atoms with van der Waals surface area (Å²) < 4.78 is 81.6. The molecule has 0 heterocycles. The first-order chi connectivity index (χ1) is 11.0. The number of carbonyl (C=O) groups is 1. The maximum atomic E-state index is 13.0. The largest absolute Gasteiger partial charge is 0.478 e. The van der Waals surface area contributed by atoms with Gasteiger partial charge >= 0.3 is 18.3 Å². The molecule has 0 bridgehead atoms. The third-order valence-corrected chi connectivity index (χ3v) is 2.92. The van der Waals surface area contributed by atoms with Crippen LogP contribution in [-0.2, 0) is 12.4 Å². The molecule has 0 amide bonds. The summed E-state index contributed by atoms with van der Waals surface area (Å²) in [5, 5.41) is 8.82. The third kappa shape index (κ3) is 3.98. The quantitative estimate of drug-likeness (QED) is 0.773. The van der Waals surface area contributed by atoms with E-state index in [0.29, 0.717) is 12.1 Å². The smallest absolute Gasteiger partial charge is 0.420 e. The van der Waals surface area contributed by atoms with Crippen molar-refractivity contribution in [2.24, 2.45) is 0 Å². The molecule has 9 heteroatoms. The molecule has 1 N–H and O–H groups in total. The van der Waals surface area contributed by atoms with E-state index < -0.39 is 35.2 Å². The summed E-state index contributed by atoms with van der Waals surface area (Å²) >= 11 is 0. The summed E-state index contributed by atoms with van der Waals surface area (Å²) in [4.78, 5) is 10.8. The number of carboxylic acid groups (broad SMARTS) is 1. The van der Waals surface area contributed by atoms with Gasteiger partial charge in [-0.2, -0.15) is 26.3 Å². The minimum atomic E-state index is -5.08. The summed E-state index contributed by atoms with van der Waals surface area (Å²) in [5.41, 5.74) is -3.33. The minimum Gasteiger partial charge on any atom is -0.478 e. The van der Waals surface area contributed by atoms with E-state index in [9.17, 15) is 31.1 Å². The second-order valence-corrected chi connectivity index (χ2v) is 4.64. The first-order valence-corrected chi connectivity index (χ1v) is 6.28. The van der Waals surface area contributed by atoms with Crippen LogP contribution in [0.3, 0.4) is 0 Å². The lowest BCUT2D eigenvalue weighted by Gasteiger charge is -2.16. The highest BCUT2D eigenvalue weighted by Crippen LogP contribution is 2.41. The van der Waals surface area contributed by atoms with Crippen LogP contribution in [0, 0.1) is 0 Å². The number of carboxylic acids is 1. The van der Waals surface area contributed by atoms with Crippen LogP contribution in [0.15, 0.2) is 42.5 Å². The monoisotopic (exact) mass is 350 g/mol. The molecular weight excluding hydrogens is 342 g/mol. The molecular formula is C15H8F6O3. The zero-order chi connectivity index (χ0) is 18.1. The second kappa shape index (κ2) is 6.06.